The Bertz CT molecular complexity index is 128. The molecule has 2 saturated carbocycles. The van der Waals surface area contributed by atoms with E-state index in [1.165, 1.54) is 19.3 Å². The zero-order chi connectivity index (χ0) is 6.54. The molecule has 1 nitrogen and oxygen atoms in total. The SMILES string of the molecule is C[C@]12CCC[C@@]1(O)CC2. The van der Waals surface area contributed by atoms with Crippen LogP contribution in [0.15, 0.2) is 0 Å². The lowest BCUT2D eigenvalue weighted by molar-refractivity contribution is -0.133. The summed E-state index contributed by atoms with van der Waals surface area (Å²) in [6.45, 7) is 2.23. The van der Waals surface area contributed by atoms with Crippen molar-refractivity contribution >= 4 is 0 Å². The lowest BCUT2D eigenvalue weighted by atomic mass is 9.60. The molecule has 1 heteroatoms. The van der Waals surface area contributed by atoms with E-state index >= 15 is 0 Å². The molecular weight excluding hydrogens is 112 g/mol. The maximum absolute atomic E-state index is 9.81. The van der Waals surface area contributed by atoms with Gasteiger partial charge in [-0.15, -0.1) is 0 Å². The van der Waals surface area contributed by atoms with Gasteiger partial charge in [-0.3, -0.25) is 0 Å². The molecule has 1 N–H and O–H groups in total. The van der Waals surface area contributed by atoms with Crippen molar-refractivity contribution in [3.05, 3.63) is 0 Å². The van der Waals surface area contributed by atoms with Crippen LogP contribution in [0.1, 0.15) is 39.0 Å². The Morgan fingerprint density at radius 2 is 1.89 bits per heavy atom. The van der Waals surface area contributed by atoms with E-state index in [1.54, 1.807) is 0 Å². The van der Waals surface area contributed by atoms with Gasteiger partial charge in [0.05, 0.1) is 5.60 Å². The number of fused-ring (bicyclic) bond motifs is 1. The molecule has 0 unspecified atom stereocenters. The van der Waals surface area contributed by atoms with E-state index in [2.05, 4.69) is 6.92 Å². The first-order chi connectivity index (χ1) is 4.16. The van der Waals surface area contributed by atoms with Crippen molar-refractivity contribution in [3.63, 3.8) is 0 Å². The van der Waals surface area contributed by atoms with Crippen LogP contribution in [0.3, 0.4) is 0 Å². The van der Waals surface area contributed by atoms with Gasteiger partial charge in [-0.25, -0.2) is 0 Å². The van der Waals surface area contributed by atoms with Gasteiger partial charge in [-0.1, -0.05) is 6.92 Å². The highest BCUT2D eigenvalue weighted by Crippen LogP contribution is 2.59. The van der Waals surface area contributed by atoms with Crippen molar-refractivity contribution in [2.75, 3.05) is 0 Å². The number of aliphatic hydroxyl groups is 1. The first-order valence-electron chi connectivity index (χ1n) is 3.89. The first-order valence-corrected chi connectivity index (χ1v) is 3.89. The van der Waals surface area contributed by atoms with Crippen LogP contribution < -0.4 is 0 Å². The van der Waals surface area contributed by atoms with Crippen LogP contribution in [0.5, 0.6) is 0 Å². The Hall–Kier alpha value is -0.0400. The van der Waals surface area contributed by atoms with E-state index in [4.69, 9.17) is 0 Å². The molecule has 2 aliphatic carbocycles. The van der Waals surface area contributed by atoms with E-state index < -0.39 is 0 Å². The third kappa shape index (κ3) is 0.493. The molecule has 2 aliphatic rings. The van der Waals surface area contributed by atoms with Gasteiger partial charge in [0, 0.05) is 0 Å². The second-order valence-electron chi connectivity index (χ2n) is 3.95. The molecule has 52 valence electrons. The fraction of sp³-hybridized carbons (Fsp3) is 1.00. The summed E-state index contributed by atoms with van der Waals surface area (Å²) in [6.07, 6.45) is 5.87. The lowest BCUT2D eigenvalue weighted by Gasteiger charge is -2.50. The van der Waals surface area contributed by atoms with E-state index in [1.807, 2.05) is 0 Å². The average molecular weight is 126 g/mol. The van der Waals surface area contributed by atoms with Gasteiger partial charge in [-0.2, -0.15) is 0 Å². The average Bonchev–Trinajstić information content (AvgIpc) is 1.98. The molecule has 9 heavy (non-hydrogen) atoms. The van der Waals surface area contributed by atoms with Crippen molar-refractivity contribution in [2.24, 2.45) is 5.41 Å². The Morgan fingerprint density at radius 1 is 1.11 bits per heavy atom. The van der Waals surface area contributed by atoms with Gasteiger partial charge in [-0.05, 0) is 37.5 Å². The molecule has 0 aromatic heterocycles. The fourth-order valence-electron chi connectivity index (χ4n) is 2.40. The molecule has 0 bridgehead atoms. The van der Waals surface area contributed by atoms with Crippen LogP contribution in [0.2, 0.25) is 0 Å². The van der Waals surface area contributed by atoms with Gasteiger partial charge in [0.25, 0.3) is 0 Å². The van der Waals surface area contributed by atoms with Gasteiger partial charge >= 0.3 is 0 Å². The smallest absolute Gasteiger partial charge is 0.0701 e. The van der Waals surface area contributed by atoms with Crippen LogP contribution in [-0.2, 0) is 0 Å². The molecular formula is C8H14O. The number of hydrogen-bond acceptors (Lipinski definition) is 1. The largest absolute Gasteiger partial charge is 0.389 e. The quantitative estimate of drug-likeness (QED) is 0.523. The zero-order valence-electron chi connectivity index (χ0n) is 5.98. The molecule has 0 radical (unpaired) electrons. The highest BCUT2D eigenvalue weighted by Gasteiger charge is 2.57. The second kappa shape index (κ2) is 1.34. The molecule has 0 heterocycles. The van der Waals surface area contributed by atoms with E-state index in [0.29, 0.717) is 5.41 Å². The summed E-state index contributed by atoms with van der Waals surface area (Å²) in [6, 6.07) is 0. The van der Waals surface area contributed by atoms with Crippen molar-refractivity contribution in [1.29, 1.82) is 0 Å². The summed E-state index contributed by atoms with van der Waals surface area (Å²) in [5.41, 5.74) is 0.0972. The summed E-state index contributed by atoms with van der Waals surface area (Å²) >= 11 is 0. The maximum Gasteiger partial charge on any atom is 0.0701 e. The molecule has 0 amide bonds. The summed E-state index contributed by atoms with van der Waals surface area (Å²) in [5, 5.41) is 9.81. The molecule has 2 atom stereocenters. The lowest BCUT2D eigenvalue weighted by Crippen LogP contribution is -2.51. The molecule has 2 fully saturated rings. The fourth-order valence-corrected chi connectivity index (χ4v) is 2.40. The van der Waals surface area contributed by atoms with Gasteiger partial charge in [0.2, 0.25) is 0 Å². The van der Waals surface area contributed by atoms with Gasteiger partial charge in [0.15, 0.2) is 0 Å². The van der Waals surface area contributed by atoms with E-state index in [9.17, 15) is 5.11 Å². The van der Waals surface area contributed by atoms with Gasteiger partial charge < -0.3 is 5.11 Å². The normalized spacial score (nSPS) is 56.7. The second-order valence-corrected chi connectivity index (χ2v) is 3.95. The predicted octanol–water partition coefficient (Wildman–Crippen LogP) is 1.70. The third-order valence-electron chi connectivity index (χ3n) is 3.53. The molecule has 0 aliphatic heterocycles. The number of hydrogen-bond donors (Lipinski definition) is 1. The standard InChI is InChI=1S/C8H14O/c1-7-3-2-4-8(7,9)6-5-7/h9H,2-6H2,1H3/t7-,8-/m1/s1. The minimum absolute atomic E-state index is 0.229. The van der Waals surface area contributed by atoms with Crippen molar-refractivity contribution < 1.29 is 5.11 Å². The highest BCUT2D eigenvalue weighted by atomic mass is 16.3. The Kier molecular flexibility index (Phi) is 0.852. The number of rotatable bonds is 0. The minimum atomic E-state index is -0.229. The molecule has 2 rings (SSSR count). The van der Waals surface area contributed by atoms with E-state index in [-0.39, 0.29) is 5.60 Å². The Balaban J connectivity index is 2.26. The van der Waals surface area contributed by atoms with Crippen LogP contribution in [0.4, 0.5) is 0 Å². The molecule has 0 aromatic carbocycles. The minimum Gasteiger partial charge on any atom is -0.389 e. The third-order valence-corrected chi connectivity index (χ3v) is 3.53. The first kappa shape index (κ1) is 5.72. The van der Waals surface area contributed by atoms with Crippen LogP contribution >= 0.6 is 0 Å². The Morgan fingerprint density at radius 3 is 2.11 bits per heavy atom. The van der Waals surface area contributed by atoms with Crippen molar-refractivity contribution in [2.45, 2.75) is 44.6 Å². The maximum atomic E-state index is 9.81. The Labute approximate surface area is 56.1 Å². The summed E-state index contributed by atoms with van der Waals surface area (Å²) in [5.74, 6) is 0. The van der Waals surface area contributed by atoms with Crippen LogP contribution in [0.25, 0.3) is 0 Å². The monoisotopic (exact) mass is 126 g/mol. The molecule has 0 aromatic rings. The molecule has 0 spiro atoms. The highest BCUT2D eigenvalue weighted by molar-refractivity contribution is 5.09. The van der Waals surface area contributed by atoms with Gasteiger partial charge in [0.1, 0.15) is 0 Å². The van der Waals surface area contributed by atoms with Crippen molar-refractivity contribution in [3.8, 4) is 0 Å². The van der Waals surface area contributed by atoms with E-state index in [0.717, 1.165) is 12.8 Å². The molecule has 0 saturated heterocycles. The summed E-state index contributed by atoms with van der Waals surface area (Å²) < 4.78 is 0. The predicted molar refractivity (Wildman–Crippen MR) is 36.1 cm³/mol. The summed E-state index contributed by atoms with van der Waals surface area (Å²) in [7, 11) is 0. The topological polar surface area (TPSA) is 20.2 Å². The van der Waals surface area contributed by atoms with Crippen LogP contribution in [0, 0.1) is 5.41 Å². The summed E-state index contributed by atoms with van der Waals surface area (Å²) in [4.78, 5) is 0. The van der Waals surface area contributed by atoms with Crippen LogP contribution in [-0.4, -0.2) is 10.7 Å². The zero-order valence-corrected chi connectivity index (χ0v) is 5.98. The van der Waals surface area contributed by atoms with Crippen molar-refractivity contribution in [1.82, 2.24) is 0 Å².